The smallest absolute Gasteiger partial charge is 0.259 e. The van der Waals surface area contributed by atoms with Crippen molar-refractivity contribution in [3.63, 3.8) is 0 Å². The Morgan fingerprint density at radius 3 is 2.53 bits per heavy atom. The average molecular weight is 256 g/mol. The van der Waals surface area contributed by atoms with E-state index in [4.69, 9.17) is 5.84 Å². The van der Waals surface area contributed by atoms with Gasteiger partial charge in [-0.25, -0.2) is 10.8 Å². The monoisotopic (exact) mass is 256 g/mol. The van der Waals surface area contributed by atoms with E-state index >= 15 is 0 Å². The average Bonchev–Trinajstić information content (AvgIpc) is 2.49. The van der Waals surface area contributed by atoms with E-state index in [1.54, 1.807) is 17.0 Å². The third-order valence-electron chi connectivity index (χ3n) is 2.79. The fraction of sp³-hybridized carbons (Fsp3) is 0.143. The van der Waals surface area contributed by atoms with Crippen molar-refractivity contribution in [2.75, 3.05) is 16.9 Å². The van der Waals surface area contributed by atoms with Crippen LogP contribution in [0.3, 0.4) is 0 Å². The van der Waals surface area contributed by atoms with Crippen molar-refractivity contribution in [1.29, 1.82) is 0 Å². The molecule has 19 heavy (non-hydrogen) atoms. The standard InChI is InChI=1S/C14H16N4O/c1-2-18(12-6-4-3-5-7-12)14(19)11-8-9-13(17-15)16-10-11/h3-10H,2,15H2,1H3,(H,16,17). The second-order valence-corrected chi connectivity index (χ2v) is 3.96. The highest BCUT2D eigenvalue weighted by molar-refractivity contribution is 6.05. The van der Waals surface area contributed by atoms with Gasteiger partial charge in [-0.1, -0.05) is 18.2 Å². The van der Waals surface area contributed by atoms with Crippen molar-refractivity contribution in [2.24, 2.45) is 5.84 Å². The molecule has 5 heteroatoms. The van der Waals surface area contributed by atoms with Crippen molar-refractivity contribution in [1.82, 2.24) is 4.98 Å². The molecule has 0 saturated carbocycles. The van der Waals surface area contributed by atoms with Gasteiger partial charge in [0.15, 0.2) is 0 Å². The first kappa shape index (κ1) is 13.0. The number of carbonyl (C=O) groups is 1. The molecule has 1 aromatic carbocycles. The molecule has 5 nitrogen and oxygen atoms in total. The summed E-state index contributed by atoms with van der Waals surface area (Å²) in [4.78, 5) is 18.2. The predicted octanol–water partition coefficient (Wildman–Crippen LogP) is 2.03. The van der Waals surface area contributed by atoms with Crippen molar-refractivity contribution in [3.8, 4) is 0 Å². The summed E-state index contributed by atoms with van der Waals surface area (Å²) >= 11 is 0. The largest absolute Gasteiger partial charge is 0.309 e. The lowest BCUT2D eigenvalue weighted by atomic mass is 10.2. The molecule has 0 aliphatic heterocycles. The topological polar surface area (TPSA) is 71.2 Å². The molecule has 1 heterocycles. The maximum Gasteiger partial charge on any atom is 0.259 e. The summed E-state index contributed by atoms with van der Waals surface area (Å²) in [5.41, 5.74) is 3.84. The van der Waals surface area contributed by atoms with Crippen molar-refractivity contribution in [2.45, 2.75) is 6.92 Å². The minimum Gasteiger partial charge on any atom is -0.309 e. The first-order valence-corrected chi connectivity index (χ1v) is 6.06. The summed E-state index contributed by atoms with van der Waals surface area (Å²) in [6.45, 7) is 2.54. The van der Waals surface area contributed by atoms with E-state index in [0.717, 1.165) is 5.69 Å². The number of rotatable bonds is 4. The van der Waals surface area contributed by atoms with Crippen molar-refractivity contribution < 1.29 is 4.79 Å². The van der Waals surface area contributed by atoms with E-state index in [0.29, 0.717) is 17.9 Å². The van der Waals surface area contributed by atoms with Gasteiger partial charge < -0.3 is 10.3 Å². The van der Waals surface area contributed by atoms with E-state index in [1.165, 1.54) is 6.20 Å². The van der Waals surface area contributed by atoms with Gasteiger partial charge in [-0.15, -0.1) is 0 Å². The first-order valence-electron chi connectivity index (χ1n) is 6.06. The molecule has 1 aromatic heterocycles. The van der Waals surface area contributed by atoms with Gasteiger partial charge >= 0.3 is 0 Å². The first-order chi connectivity index (χ1) is 9.26. The molecule has 0 atom stereocenters. The van der Waals surface area contributed by atoms with Crippen LogP contribution < -0.4 is 16.2 Å². The lowest BCUT2D eigenvalue weighted by molar-refractivity contribution is 0.0988. The number of hydrazine groups is 1. The Morgan fingerprint density at radius 1 is 1.26 bits per heavy atom. The van der Waals surface area contributed by atoms with Gasteiger partial charge in [0.25, 0.3) is 5.91 Å². The maximum absolute atomic E-state index is 12.4. The number of carbonyl (C=O) groups excluding carboxylic acids is 1. The van der Waals surface area contributed by atoms with Crippen LogP contribution in [0.1, 0.15) is 17.3 Å². The quantitative estimate of drug-likeness (QED) is 0.648. The van der Waals surface area contributed by atoms with Crippen LogP contribution in [0.25, 0.3) is 0 Å². The number of nitrogens with two attached hydrogens (primary N) is 1. The molecule has 0 spiro atoms. The molecule has 3 N–H and O–H groups in total. The molecule has 0 aliphatic carbocycles. The van der Waals surface area contributed by atoms with Crippen LogP contribution in [-0.4, -0.2) is 17.4 Å². The molecule has 0 saturated heterocycles. The van der Waals surface area contributed by atoms with Crippen LogP contribution in [-0.2, 0) is 0 Å². The van der Waals surface area contributed by atoms with Crippen LogP contribution in [0, 0.1) is 0 Å². The number of nitrogens with one attached hydrogen (secondary N) is 1. The number of anilines is 2. The number of para-hydroxylation sites is 1. The van der Waals surface area contributed by atoms with Gasteiger partial charge in [-0.3, -0.25) is 4.79 Å². The Labute approximate surface area is 112 Å². The van der Waals surface area contributed by atoms with E-state index in [9.17, 15) is 4.79 Å². The van der Waals surface area contributed by atoms with Crippen LogP contribution in [0.15, 0.2) is 48.7 Å². The van der Waals surface area contributed by atoms with E-state index < -0.39 is 0 Å². The number of nitrogen functional groups attached to an aromatic ring is 1. The lowest BCUT2D eigenvalue weighted by Crippen LogP contribution is -2.30. The number of hydrogen-bond donors (Lipinski definition) is 2. The number of benzene rings is 1. The maximum atomic E-state index is 12.4. The number of aromatic nitrogens is 1. The fourth-order valence-corrected chi connectivity index (χ4v) is 1.81. The van der Waals surface area contributed by atoms with Gasteiger partial charge in [-0.2, -0.15) is 0 Å². The van der Waals surface area contributed by atoms with E-state index in [1.807, 2.05) is 37.3 Å². The molecule has 98 valence electrons. The molecule has 0 aliphatic rings. The summed E-state index contributed by atoms with van der Waals surface area (Å²) < 4.78 is 0. The SMILES string of the molecule is CCN(C(=O)c1ccc(NN)nc1)c1ccccc1. The highest BCUT2D eigenvalue weighted by atomic mass is 16.2. The Balaban J connectivity index is 2.25. The fourth-order valence-electron chi connectivity index (χ4n) is 1.81. The number of amides is 1. The highest BCUT2D eigenvalue weighted by Crippen LogP contribution is 2.16. The van der Waals surface area contributed by atoms with Gasteiger partial charge in [-0.05, 0) is 31.2 Å². The second-order valence-electron chi connectivity index (χ2n) is 3.96. The summed E-state index contributed by atoms with van der Waals surface area (Å²) in [6, 6.07) is 12.9. The highest BCUT2D eigenvalue weighted by Gasteiger charge is 2.15. The van der Waals surface area contributed by atoms with Crippen LogP contribution in [0.2, 0.25) is 0 Å². The molecule has 0 bridgehead atoms. The third kappa shape index (κ3) is 2.89. The summed E-state index contributed by atoms with van der Waals surface area (Å²) in [7, 11) is 0. The third-order valence-corrected chi connectivity index (χ3v) is 2.79. The summed E-state index contributed by atoms with van der Waals surface area (Å²) in [6.07, 6.45) is 1.52. The lowest BCUT2D eigenvalue weighted by Gasteiger charge is -2.20. The zero-order valence-electron chi connectivity index (χ0n) is 10.7. The Kier molecular flexibility index (Phi) is 4.10. The molecule has 0 unspecified atom stereocenters. The number of nitrogens with zero attached hydrogens (tertiary/aromatic N) is 2. The van der Waals surface area contributed by atoms with Gasteiger partial charge in [0.1, 0.15) is 5.82 Å². The van der Waals surface area contributed by atoms with Crippen molar-refractivity contribution in [3.05, 3.63) is 54.2 Å². The van der Waals surface area contributed by atoms with E-state index in [-0.39, 0.29) is 5.91 Å². The van der Waals surface area contributed by atoms with Crippen LogP contribution >= 0.6 is 0 Å². The van der Waals surface area contributed by atoms with Crippen LogP contribution in [0.4, 0.5) is 11.5 Å². The Bertz CT molecular complexity index is 539. The molecule has 2 aromatic rings. The van der Waals surface area contributed by atoms with Gasteiger partial charge in [0.05, 0.1) is 5.56 Å². The summed E-state index contributed by atoms with van der Waals surface area (Å²) in [5.74, 6) is 5.69. The molecule has 0 fully saturated rings. The predicted molar refractivity (Wildman–Crippen MR) is 75.8 cm³/mol. The molecule has 1 amide bonds. The molecule has 0 radical (unpaired) electrons. The normalized spacial score (nSPS) is 10.0. The number of hydrogen-bond acceptors (Lipinski definition) is 4. The molecular formula is C14H16N4O. The second kappa shape index (κ2) is 5.97. The Hall–Kier alpha value is -2.40. The number of pyridine rings is 1. The van der Waals surface area contributed by atoms with Gasteiger partial charge in [0, 0.05) is 18.4 Å². The van der Waals surface area contributed by atoms with Crippen molar-refractivity contribution >= 4 is 17.4 Å². The van der Waals surface area contributed by atoms with E-state index in [2.05, 4.69) is 10.4 Å². The van der Waals surface area contributed by atoms with Gasteiger partial charge in [0.2, 0.25) is 0 Å². The van der Waals surface area contributed by atoms with Crippen LogP contribution in [0.5, 0.6) is 0 Å². The molecular weight excluding hydrogens is 240 g/mol. The summed E-state index contributed by atoms with van der Waals surface area (Å²) in [5, 5.41) is 0. The minimum absolute atomic E-state index is 0.0789. The Morgan fingerprint density at radius 2 is 2.00 bits per heavy atom. The zero-order chi connectivity index (χ0) is 13.7. The zero-order valence-corrected chi connectivity index (χ0v) is 10.7. The molecule has 2 rings (SSSR count). The minimum atomic E-state index is -0.0789.